The van der Waals surface area contributed by atoms with Gasteiger partial charge in [-0.1, -0.05) is 67.2 Å². The van der Waals surface area contributed by atoms with Gasteiger partial charge in [-0.3, -0.25) is 4.79 Å². The van der Waals surface area contributed by atoms with Crippen LogP contribution in [-0.4, -0.2) is 12.0 Å². The Morgan fingerprint density at radius 1 is 1.09 bits per heavy atom. The molecule has 0 fully saturated rings. The highest BCUT2D eigenvalue weighted by atomic mass is 16.5. The highest BCUT2D eigenvalue weighted by molar-refractivity contribution is 5.76. The van der Waals surface area contributed by atoms with E-state index < -0.39 is 18.1 Å². The molecule has 3 heteroatoms. The number of ether oxygens (including phenoxy) is 1. The zero-order valence-electron chi connectivity index (χ0n) is 12.3. The van der Waals surface area contributed by atoms with Gasteiger partial charge in [0.05, 0.1) is 0 Å². The number of hydrogen-bond acceptors (Lipinski definition) is 3. The van der Waals surface area contributed by atoms with Crippen molar-refractivity contribution >= 4 is 5.97 Å². The van der Waals surface area contributed by atoms with Crippen LogP contribution in [-0.2, 0) is 9.53 Å². The molecule has 0 spiro atoms. The van der Waals surface area contributed by atoms with Crippen LogP contribution in [0.5, 0.6) is 0 Å². The first-order valence-electron chi connectivity index (χ1n) is 7.12. The van der Waals surface area contributed by atoms with E-state index in [1.807, 2.05) is 60.7 Å². The Labute approximate surface area is 130 Å². The van der Waals surface area contributed by atoms with Crippen molar-refractivity contribution in [2.24, 2.45) is 5.73 Å². The molecule has 0 aliphatic rings. The summed E-state index contributed by atoms with van der Waals surface area (Å²) in [5, 5.41) is 0. The largest absolute Gasteiger partial charge is 0.451 e. The molecule has 0 amide bonds. The molecule has 0 aliphatic carbocycles. The maximum atomic E-state index is 12.2. The Hall–Kier alpha value is -2.61. The Bertz CT molecular complexity index is 606. The maximum Gasteiger partial charge on any atom is 0.324 e. The SMILES string of the molecule is C=C=CCC(N)C(=O)OC(c1ccccc1)c1ccccc1. The minimum Gasteiger partial charge on any atom is -0.451 e. The van der Waals surface area contributed by atoms with Crippen LogP contribution < -0.4 is 5.73 Å². The average molecular weight is 293 g/mol. The first kappa shape index (κ1) is 15.8. The van der Waals surface area contributed by atoms with Gasteiger partial charge in [-0.25, -0.2) is 0 Å². The van der Waals surface area contributed by atoms with Crippen molar-refractivity contribution in [3.05, 3.63) is 90.2 Å². The second kappa shape index (κ2) is 7.99. The molecule has 1 unspecified atom stereocenters. The van der Waals surface area contributed by atoms with Gasteiger partial charge in [0.2, 0.25) is 0 Å². The van der Waals surface area contributed by atoms with Crippen molar-refractivity contribution in [1.82, 2.24) is 0 Å². The summed E-state index contributed by atoms with van der Waals surface area (Å²) in [6.07, 6.45) is 1.53. The molecular formula is C19H19NO2. The van der Waals surface area contributed by atoms with Crippen molar-refractivity contribution < 1.29 is 9.53 Å². The third kappa shape index (κ3) is 4.19. The third-order valence-electron chi connectivity index (χ3n) is 3.26. The molecule has 0 radical (unpaired) electrons. The first-order chi connectivity index (χ1) is 10.7. The summed E-state index contributed by atoms with van der Waals surface area (Å²) in [6, 6.07) is 18.5. The van der Waals surface area contributed by atoms with Gasteiger partial charge in [-0.05, 0) is 23.6 Å². The molecule has 2 N–H and O–H groups in total. The fourth-order valence-electron chi connectivity index (χ4n) is 2.09. The second-order valence-electron chi connectivity index (χ2n) is 4.89. The summed E-state index contributed by atoms with van der Waals surface area (Å²) >= 11 is 0. The fourth-order valence-corrected chi connectivity index (χ4v) is 2.09. The number of carbonyl (C=O) groups excluding carboxylic acids is 1. The van der Waals surface area contributed by atoms with E-state index in [1.165, 1.54) is 0 Å². The van der Waals surface area contributed by atoms with Gasteiger partial charge in [0.25, 0.3) is 0 Å². The fraction of sp³-hybridized carbons (Fsp3) is 0.158. The van der Waals surface area contributed by atoms with Crippen LogP contribution in [0.3, 0.4) is 0 Å². The van der Waals surface area contributed by atoms with E-state index in [9.17, 15) is 4.79 Å². The van der Waals surface area contributed by atoms with Crippen LogP contribution in [0, 0.1) is 0 Å². The molecule has 1 atom stereocenters. The molecular weight excluding hydrogens is 274 g/mol. The molecule has 3 nitrogen and oxygen atoms in total. The lowest BCUT2D eigenvalue weighted by atomic mass is 10.0. The first-order valence-corrected chi connectivity index (χ1v) is 7.12. The number of esters is 1. The van der Waals surface area contributed by atoms with Gasteiger partial charge in [-0.2, -0.15) is 0 Å². The summed E-state index contributed by atoms with van der Waals surface area (Å²) in [5.41, 5.74) is 10.3. The summed E-state index contributed by atoms with van der Waals surface area (Å²) in [6.45, 7) is 3.46. The Balaban J connectivity index is 2.23. The minimum absolute atomic E-state index is 0.360. The van der Waals surface area contributed by atoms with Gasteiger partial charge in [0, 0.05) is 0 Å². The highest BCUT2D eigenvalue weighted by Crippen LogP contribution is 2.26. The van der Waals surface area contributed by atoms with Crippen LogP contribution in [0.2, 0.25) is 0 Å². The van der Waals surface area contributed by atoms with Gasteiger partial charge in [0.15, 0.2) is 6.10 Å². The Morgan fingerprint density at radius 3 is 2.05 bits per heavy atom. The predicted octanol–water partition coefficient (Wildman–Crippen LogP) is 3.38. The van der Waals surface area contributed by atoms with Crippen LogP contribution >= 0.6 is 0 Å². The van der Waals surface area contributed by atoms with Crippen LogP contribution in [0.4, 0.5) is 0 Å². The Kier molecular flexibility index (Phi) is 5.73. The maximum absolute atomic E-state index is 12.2. The zero-order chi connectivity index (χ0) is 15.8. The van der Waals surface area contributed by atoms with Gasteiger partial charge >= 0.3 is 5.97 Å². The molecule has 0 bridgehead atoms. The lowest BCUT2D eigenvalue weighted by Gasteiger charge is -2.20. The van der Waals surface area contributed by atoms with Crippen molar-refractivity contribution in [2.75, 3.05) is 0 Å². The van der Waals surface area contributed by atoms with Crippen molar-refractivity contribution in [1.29, 1.82) is 0 Å². The van der Waals surface area contributed by atoms with Crippen molar-refractivity contribution in [2.45, 2.75) is 18.6 Å². The Morgan fingerprint density at radius 2 is 1.59 bits per heavy atom. The lowest BCUT2D eigenvalue weighted by molar-refractivity contribution is -0.149. The number of nitrogens with two attached hydrogens (primary N) is 1. The van der Waals surface area contributed by atoms with Gasteiger partial charge in [-0.15, -0.1) is 5.73 Å². The molecule has 0 aliphatic heterocycles. The second-order valence-corrected chi connectivity index (χ2v) is 4.89. The van der Waals surface area contributed by atoms with E-state index in [4.69, 9.17) is 10.5 Å². The van der Waals surface area contributed by atoms with E-state index >= 15 is 0 Å². The van der Waals surface area contributed by atoms with E-state index in [-0.39, 0.29) is 0 Å². The molecule has 22 heavy (non-hydrogen) atoms. The van der Waals surface area contributed by atoms with E-state index in [2.05, 4.69) is 12.3 Å². The monoisotopic (exact) mass is 293 g/mol. The summed E-state index contributed by atoms with van der Waals surface area (Å²) in [5.74, 6) is -0.441. The smallest absolute Gasteiger partial charge is 0.324 e. The average Bonchev–Trinajstić information content (AvgIpc) is 2.58. The number of benzene rings is 2. The summed E-state index contributed by atoms with van der Waals surface area (Å²) in [4.78, 5) is 12.2. The zero-order valence-corrected chi connectivity index (χ0v) is 12.3. The van der Waals surface area contributed by atoms with Crippen LogP contribution in [0.15, 0.2) is 79.0 Å². The molecule has 0 aromatic heterocycles. The van der Waals surface area contributed by atoms with Crippen LogP contribution in [0.25, 0.3) is 0 Å². The number of hydrogen-bond donors (Lipinski definition) is 1. The van der Waals surface area contributed by atoms with E-state index in [0.717, 1.165) is 11.1 Å². The number of rotatable bonds is 6. The van der Waals surface area contributed by atoms with E-state index in [0.29, 0.717) is 6.42 Å². The van der Waals surface area contributed by atoms with Crippen molar-refractivity contribution in [3.63, 3.8) is 0 Å². The molecule has 0 heterocycles. The predicted molar refractivity (Wildman–Crippen MR) is 87.1 cm³/mol. The standard InChI is InChI=1S/C19H19NO2/c1-2-3-14-17(20)19(21)22-18(15-10-6-4-7-11-15)16-12-8-5-9-13-16/h3-13,17-18H,1,14,20H2. The summed E-state index contributed by atoms with van der Waals surface area (Å²) in [7, 11) is 0. The molecule has 0 saturated heterocycles. The highest BCUT2D eigenvalue weighted by Gasteiger charge is 2.22. The van der Waals surface area contributed by atoms with Crippen LogP contribution in [0.1, 0.15) is 23.7 Å². The minimum atomic E-state index is -0.718. The quantitative estimate of drug-likeness (QED) is 0.656. The summed E-state index contributed by atoms with van der Waals surface area (Å²) < 4.78 is 5.65. The lowest BCUT2D eigenvalue weighted by Crippen LogP contribution is -2.32. The molecule has 2 rings (SSSR count). The van der Waals surface area contributed by atoms with Crippen molar-refractivity contribution in [3.8, 4) is 0 Å². The van der Waals surface area contributed by atoms with Gasteiger partial charge < -0.3 is 10.5 Å². The molecule has 0 saturated carbocycles. The van der Waals surface area contributed by atoms with E-state index in [1.54, 1.807) is 6.08 Å². The third-order valence-corrected chi connectivity index (χ3v) is 3.26. The molecule has 2 aromatic carbocycles. The molecule has 2 aromatic rings. The normalized spacial score (nSPS) is 11.5. The number of carbonyl (C=O) groups is 1. The molecule has 112 valence electrons. The van der Waals surface area contributed by atoms with Gasteiger partial charge in [0.1, 0.15) is 6.04 Å². The topological polar surface area (TPSA) is 52.3 Å².